The monoisotopic (exact) mass is 399 g/mol. The smallest absolute Gasteiger partial charge is 0.251 e. The largest absolute Gasteiger partial charge is 0.496 e. The SMILES string of the molecule is COc1ccc(C(=O)NCCC2=CCCCC2)cc1COc1ccccc1Cl. The van der Waals surface area contributed by atoms with Gasteiger partial charge in [-0.15, -0.1) is 0 Å². The number of carbonyl (C=O) groups excluding carboxylic acids is 1. The van der Waals surface area contributed by atoms with Gasteiger partial charge in [0.15, 0.2) is 0 Å². The molecule has 2 aromatic rings. The highest BCUT2D eigenvalue weighted by Crippen LogP contribution is 2.27. The third kappa shape index (κ3) is 5.52. The molecule has 1 amide bonds. The zero-order valence-electron chi connectivity index (χ0n) is 16.2. The van der Waals surface area contributed by atoms with Crippen molar-refractivity contribution in [2.75, 3.05) is 13.7 Å². The van der Waals surface area contributed by atoms with Gasteiger partial charge in [0.1, 0.15) is 18.1 Å². The predicted octanol–water partition coefficient (Wildman–Crippen LogP) is 5.55. The van der Waals surface area contributed by atoms with Crippen LogP contribution >= 0.6 is 11.6 Å². The topological polar surface area (TPSA) is 47.6 Å². The van der Waals surface area contributed by atoms with Gasteiger partial charge in [-0.1, -0.05) is 35.4 Å². The third-order valence-corrected chi connectivity index (χ3v) is 5.19. The van der Waals surface area contributed by atoms with Crippen molar-refractivity contribution in [2.45, 2.75) is 38.7 Å². The molecular weight excluding hydrogens is 374 g/mol. The molecule has 0 spiro atoms. The van der Waals surface area contributed by atoms with Gasteiger partial charge >= 0.3 is 0 Å². The first-order chi connectivity index (χ1) is 13.7. The minimum atomic E-state index is -0.0851. The summed E-state index contributed by atoms with van der Waals surface area (Å²) < 4.78 is 11.2. The standard InChI is InChI=1S/C23H26ClNO3/c1-27-21-12-11-18(23(26)25-14-13-17-7-3-2-4-8-17)15-19(21)16-28-22-10-6-5-9-20(22)24/h5-7,9-12,15H,2-4,8,13-14,16H2,1H3,(H,25,26). The van der Waals surface area contributed by atoms with Crippen LogP contribution in [0.1, 0.15) is 48.0 Å². The van der Waals surface area contributed by atoms with Crippen LogP contribution in [-0.2, 0) is 6.61 Å². The molecule has 0 saturated heterocycles. The third-order valence-electron chi connectivity index (χ3n) is 4.88. The molecule has 0 atom stereocenters. The summed E-state index contributed by atoms with van der Waals surface area (Å²) >= 11 is 6.14. The molecule has 0 bridgehead atoms. The van der Waals surface area contributed by atoms with E-state index in [0.717, 1.165) is 24.8 Å². The van der Waals surface area contributed by atoms with Crippen molar-refractivity contribution in [1.29, 1.82) is 0 Å². The number of hydrogen-bond acceptors (Lipinski definition) is 3. The Bertz CT molecular complexity index is 847. The van der Waals surface area contributed by atoms with E-state index in [0.29, 0.717) is 28.6 Å². The Balaban J connectivity index is 1.61. The summed E-state index contributed by atoms with van der Waals surface area (Å²) in [6.45, 7) is 0.920. The second kappa shape index (κ2) is 10.2. The Kier molecular flexibility index (Phi) is 7.38. The lowest BCUT2D eigenvalue weighted by atomic mass is 9.97. The number of hydrogen-bond donors (Lipinski definition) is 1. The molecule has 1 aliphatic rings. The molecular formula is C23H26ClNO3. The molecule has 2 aromatic carbocycles. The fourth-order valence-corrected chi connectivity index (χ4v) is 3.51. The van der Waals surface area contributed by atoms with Crippen molar-refractivity contribution in [3.63, 3.8) is 0 Å². The van der Waals surface area contributed by atoms with Gasteiger partial charge in [-0.3, -0.25) is 4.79 Å². The van der Waals surface area contributed by atoms with Crippen LogP contribution in [0.4, 0.5) is 0 Å². The lowest BCUT2D eigenvalue weighted by Crippen LogP contribution is -2.25. The maximum atomic E-state index is 12.5. The van der Waals surface area contributed by atoms with Gasteiger partial charge in [0.2, 0.25) is 0 Å². The number of para-hydroxylation sites is 1. The Morgan fingerprint density at radius 2 is 2.00 bits per heavy atom. The summed E-state index contributed by atoms with van der Waals surface area (Å²) in [4.78, 5) is 12.5. The number of ether oxygens (including phenoxy) is 2. The highest BCUT2D eigenvalue weighted by molar-refractivity contribution is 6.32. The molecule has 148 valence electrons. The number of halogens is 1. The first-order valence-corrected chi connectivity index (χ1v) is 10.1. The van der Waals surface area contributed by atoms with Gasteiger partial charge in [0.25, 0.3) is 5.91 Å². The van der Waals surface area contributed by atoms with Gasteiger partial charge in [0.05, 0.1) is 12.1 Å². The quantitative estimate of drug-likeness (QED) is 0.592. The van der Waals surface area contributed by atoms with E-state index < -0.39 is 0 Å². The second-order valence-electron chi connectivity index (χ2n) is 6.86. The fraction of sp³-hybridized carbons (Fsp3) is 0.348. The molecule has 0 aliphatic heterocycles. The van der Waals surface area contributed by atoms with Crippen LogP contribution in [0.15, 0.2) is 54.1 Å². The summed E-state index contributed by atoms with van der Waals surface area (Å²) in [5.74, 6) is 1.19. The van der Waals surface area contributed by atoms with Gasteiger partial charge in [-0.2, -0.15) is 0 Å². The van der Waals surface area contributed by atoms with Crippen LogP contribution in [0.3, 0.4) is 0 Å². The van der Waals surface area contributed by atoms with Crippen molar-refractivity contribution in [3.8, 4) is 11.5 Å². The summed E-state index contributed by atoms with van der Waals surface area (Å²) in [7, 11) is 1.60. The minimum absolute atomic E-state index is 0.0851. The van der Waals surface area contributed by atoms with E-state index in [9.17, 15) is 4.79 Å². The number of nitrogens with one attached hydrogen (secondary N) is 1. The first kappa shape index (κ1) is 20.3. The van der Waals surface area contributed by atoms with Gasteiger partial charge in [-0.25, -0.2) is 0 Å². The zero-order chi connectivity index (χ0) is 19.8. The molecule has 3 rings (SSSR count). The number of carbonyl (C=O) groups is 1. The van der Waals surface area contributed by atoms with Crippen molar-refractivity contribution in [3.05, 3.63) is 70.3 Å². The molecule has 5 heteroatoms. The lowest BCUT2D eigenvalue weighted by molar-refractivity contribution is 0.0954. The van der Waals surface area contributed by atoms with Crippen molar-refractivity contribution >= 4 is 17.5 Å². The van der Waals surface area contributed by atoms with Crippen molar-refractivity contribution < 1.29 is 14.3 Å². The highest BCUT2D eigenvalue weighted by Gasteiger charge is 2.12. The van der Waals surface area contributed by atoms with Gasteiger partial charge in [-0.05, 0) is 62.4 Å². The Hall–Kier alpha value is -2.46. The molecule has 1 N–H and O–H groups in total. The van der Waals surface area contributed by atoms with E-state index in [1.165, 1.54) is 18.4 Å². The van der Waals surface area contributed by atoms with Crippen LogP contribution in [0, 0.1) is 0 Å². The number of rotatable bonds is 8. The van der Waals surface area contributed by atoms with E-state index in [2.05, 4.69) is 11.4 Å². The van der Waals surface area contributed by atoms with Crippen LogP contribution < -0.4 is 14.8 Å². The molecule has 1 aliphatic carbocycles. The van der Waals surface area contributed by atoms with E-state index in [4.69, 9.17) is 21.1 Å². The molecule has 0 aromatic heterocycles. The van der Waals surface area contributed by atoms with Crippen LogP contribution in [-0.4, -0.2) is 19.6 Å². The molecule has 0 heterocycles. The van der Waals surface area contributed by atoms with Gasteiger partial charge < -0.3 is 14.8 Å². The van der Waals surface area contributed by atoms with E-state index >= 15 is 0 Å². The molecule has 0 unspecified atom stereocenters. The van der Waals surface area contributed by atoms with Crippen molar-refractivity contribution in [2.24, 2.45) is 0 Å². The number of allylic oxidation sites excluding steroid dienone is 1. The Labute approximate surface area is 171 Å². The molecule has 4 nitrogen and oxygen atoms in total. The number of amides is 1. The molecule has 28 heavy (non-hydrogen) atoms. The average Bonchev–Trinajstić information content (AvgIpc) is 2.73. The summed E-state index contributed by atoms with van der Waals surface area (Å²) in [5.41, 5.74) is 2.84. The van der Waals surface area contributed by atoms with E-state index in [-0.39, 0.29) is 12.5 Å². The number of methoxy groups -OCH3 is 1. The normalized spacial score (nSPS) is 13.6. The number of benzene rings is 2. The second-order valence-corrected chi connectivity index (χ2v) is 7.27. The average molecular weight is 400 g/mol. The van der Waals surface area contributed by atoms with Crippen LogP contribution in [0.5, 0.6) is 11.5 Å². The summed E-state index contributed by atoms with van der Waals surface area (Å²) in [6.07, 6.45) is 8.09. The van der Waals surface area contributed by atoms with E-state index in [1.807, 2.05) is 24.3 Å². The molecule has 0 fully saturated rings. The summed E-state index contributed by atoms with van der Waals surface area (Å²) in [5, 5.41) is 3.56. The van der Waals surface area contributed by atoms with Crippen LogP contribution in [0.25, 0.3) is 0 Å². The molecule has 0 radical (unpaired) electrons. The molecule has 0 saturated carbocycles. The van der Waals surface area contributed by atoms with Gasteiger partial charge in [0, 0.05) is 17.7 Å². The minimum Gasteiger partial charge on any atom is -0.496 e. The predicted molar refractivity (Wildman–Crippen MR) is 112 cm³/mol. The zero-order valence-corrected chi connectivity index (χ0v) is 16.9. The highest BCUT2D eigenvalue weighted by atomic mass is 35.5. The maximum Gasteiger partial charge on any atom is 0.251 e. The van der Waals surface area contributed by atoms with Crippen LogP contribution in [0.2, 0.25) is 5.02 Å². The maximum absolute atomic E-state index is 12.5. The van der Waals surface area contributed by atoms with Crippen molar-refractivity contribution in [1.82, 2.24) is 5.32 Å². The van der Waals surface area contributed by atoms with E-state index in [1.54, 1.807) is 25.3 Å². The fourth-order valence-electron chi connectivity index (χ4n) is 3.32. The Morgan fingerprint density at radius 3 is 2.75 bits per heavy atom. The lowest BCUT2D eigenvalue weighted by Gasteiger charge is -2.14. The first-order valence-electron chi connectivity index (χ1n) is 9.67. The Morgan fingerprint density at radius 1 is 1.14 bits per heavy atom. The summed E-state index contributed by atoms with van der Waals surface area (Å²) in [6, 6.07) is 12.7.